The first-order chi connectivity index (χ1) is 17.4. The summed E-state index contributed by atoms with van der Waals surface area (Å²) in [7, 11) is -3.40. The number of para-hydroxylation sites is 2. The Hall–Kier alpha value is -4.10. The molecule has 5 rings (SSSR count). The van der Waals surface area contributed by atoms with Crippen LogP contribution in [-0.2, 0) is 10.8 Å². The molecule has 1 aromatic heterocycles. The van der Waals surface area contributed by atoms with Crippen molar-refractivity contribution < 1.29 is 21.8 Å². The number of benzene rings is 4. The first kappa shape index (κ1) is 23.6. The number of anilines is 3. The quantitative estimate of drug-likeness (QED) is 0.232. The molecule has 1 atom stereocenters. The molecule has 0 N–H and O–H groups in total. The lowest BCUT2D eigenvalue weighted by Crippen LogP contribution is -2.16. The average molecular weight is 504 g/mol. The zero-order chi connectivity index (χ0) is 25.1. The summed E-state index contributed by atoms with van der Waals surface area (Å²) < 4.78 is 60.4. The highest BCUT2D eigenvalue weighted by atomic mass is 32.2. The fourth-order valence-electron chi connectivity index (χ4n) is 4.07. The third-order valence-corrected chi connectivity index (χ3v) is 6.64. The molecule has 0 saturated carbocycles. The van der Waals surface area contributed by atoms with Gasteiger partial charge in [-0.3, -0.25) is 4.90 Å². The second-order valence-corrected chi connectivity index (χ2v) is 9.27. The van der Waals surface area contributed by atoms with Crippen LogP contribution in [0.2, 0.25) is 0 Å². The Morgan fingerprint density at radius 2 is 0.972 bits per heavy atom. The van der Waals surface area contributed by atoms with Crippen LogP contribution in [0.15, 0.2) is 131 Å². The van der Waals surface area contributed by atoms with E-state index in [-0.39, 0.29) is 11.4 Å². The average Bonchev–Trinajstić information content (AvgIpc) is 3.30. The number of rotatable bonds is 6. The zero-order valence-corrected chi connectivity index (χ0v) is 19.7. The maximum Gasteiger partial charge on any atom is 0.478 e. The summed E-state index contributed by atoms with van der Waals surface area (Å²) in [4.78, 5) is 1.74. The van der Waals surface area contributed by atoms with E-state index in [0.717, 1.165) is 0 Å². The van der Waals surface area contributed by atoms with Crippen LogP contribution in [0.5, 0.6) is 0 Å². The Balaban J connectivity index is 1.90. The Morgan fingerprint density at radius 1 is 0.583 bits per heavy atom. The van der Waals surface area contributed by atoms with Crippen LogP contribution in [0.1, 0.15) is 0 Å². The molecule has 0 aliphatic heterocycles. The van der Waals surface area contributed by atoms with Gasteiger partial charge in [-0.15, -0.1) is 0 Å². The van der Waals surface area contributed by atoms with E-state index in [0.29, 0.717) is 28.1 Å². The van der Waals surface area contributed by atoms with Crippen molar-refractivity contribution >= 4 is 28.1 Å². The lowest BCUT2D eigenvalue weighted by molar-refractivity contribution is -0.0392. The minimum atomic E-state index is -5.00. The molecule has 0 saturated heterocycles. The van der Waals surface area contributed by atoms with E-state index in [1.165, 1.54) is 0 Å². The Kier molecular flexibility index (Phi) is 6.48. The summed E-state index contributed by atoms with van der Waals surface area (Å²) in [5, 5.41) is -0.639. The minimum absolute atomic E-state index is 0.143. The SMILES string of the molecule is O=S(c1oc(N(c2ccccc2)c2ccccc2)c(-c2ccccc2)c1-c1ccccc1)C(F)(F)F. The molecular weight excluding hydrogens is 483 g/mol. The smallest absolute Gasteiger partial charge is 0.429 e. The van der Waals surface area contributed by atoms with Crippen LogP contribution in [0.3, 0.4) is 0 Å². The summed E-state index contributed by atoms with van der Waals surface area (Å²) in [6, 6.07) is 36.0. The minimum Gasteiger partial charge on any atom is -0.429 e. The molecule has 180 valence electrons. The third kappa shape index (κ3) is 4.57. The van der Waals surface area contributed by atoms with Crippen LogP contribution in [0, 0.1) is 0 Å². The highest BCUT2D eigenvalue weighted by Gasteiger charge is 2.44. The van der Waals surface area contributed by atoms with Gasteiger partial charge < -0.3 is 4.42 Å². The first-order valence-corrected chi connectivity index (χ1v) is 12.3. The van der Waals surface area contributed by atoms with Crippen LogP contribution >= 0.6 is 0 Å². The van der Waals surface area contributed by atoms with Crippen molar-refractivity contribution in [1.82, 2.24) is 0 Å². The fourth-order valence-corrected chi connectivity index (χ4v) is 4.84. The van der Waals surface area contributed by atoms with E-state index in [4.69, 9.17) is 4.42 Å². The van der Waals surface area contributed by atoms with Gasteiger partial charge in [0, 0.05) is 16.9 Å². The number of hydrogen-bond donors (Lipinski definition) is 0. The molecule has 36 heavy (non-hydrogen) atoms. The number of alkyl halides is 3. The normalized spacial score (nSPS) is 12.3. The van der Waals surface area contributed by atoms with E-state index < -0.39 is 21.4 Å². The Bertz CT molecular complexity index is 1430. The van der Waals surface area contributed by atoms with E-state index in [9.17, 15) is 17.4 Å². The van der Waals surface area contributed by atoms with E-state index in [1.807, 2.05) is 66.7 Å². The van der Waals surface area contributed by atoms with Crippen LogP contribution in [-0.4, -0.2) is 9.72 Å². The lowest BCUT2D eigenvalue weighted by atomic mass is 9.97. The fraction of sp³-hybridized carbons (Fsp3) is 0.0345. The molecule has 5 aromatic rings. The third-order valence-electron chi connectivity index (χ3n) is 5.59. The number of nitrogens with zero attached hydrogens (tertiary/aromatic N) is 1. The lowest BCUT2D eigenvalue weighted by Gasteiger charge is -2.24. The summed E-state index contributed by atoms with van der Waals surface area (Å²) in [5.74, 6) is 0.144. The highest BCUT2D eigenvalue weighted by molar-refractivity contribution is 7.85. The summed E-state index contributed by atoms with van der Waals surface area (Å²) in [6.07, 6.45) is 0. The van der Waals surface area contributed by atoms with Crippen molar-refractivity contribution in [2.45, 2.75) is 10.6 Å². The summed E-state index contributed by atoms with van der Waals surface area (Å²) in [5.41, 5.74) is -1.97. The van der Waals surface area contributed by atoms with Crippen molar-refractivity contribution in [2.24, 2.45) is 0 Å². The second kappa shape index (κ2) is 9.87. The molecule has 1 unspecified atom stereocenters. The standard InChI is InChI=1S/C29H20F3NO2S/c30-29(31,32)36(34)28-26(22-15-7-2-8-16-22)25(21-13-5-1-6-14-21)27(35-28)33(23-17-9-3-10-18-23)24-19-11-4-12-20-24/h1-20H. The Morgan fingerprint density at radius 3 is 1.39 bits per heavy atom. The molecule has 3 nitrogen and oxygen atoms in total. The number of hydrogen-bond acceptors (Lipinski definition) is 3. The van der Waals surface area contributed by atoms with E-state index in [1.54, 1.807) is 59.5 Å². The van der Waals surface area contributed by atoms with Gasteiger partial charge in [-0.1, -0.05) is 97.1 Å². The van der Waals surface area contributed by atoms with Gasteiger partial charge in [0.1, 0.15) is 0 Å². The van der Waals surface area contributed by atoms with Gasteiger partial charge in [-0.2, -0.15) is 13.2 Å². The van der Waals surface area contributed by atoms with Crippen molar-refractivity contribution in [3.05, 3.63) is 121 Å². The molecule has 7 heteroatoms. The molecule has 0 aliphatic carbocycles. The Labute approximate surface area is 208 Å². The topological polar surface area (TPSA) is 33.5 Å². The highest BCUT2D eigenvalue weighted by Crippen LogP contribution is 2.51. The van der Waals surface area contributed by atoms with E-state index in [2.05, 4.69) is 0 Å². The molecule has 0 aliphatic rings. The summed E-state index contributed by atoms with van der Waals surface area (Å²) in [6.45, 7) is 0. The van der Waals surface area contributed by atoms with Crippen LogP contribution in [0.4, 0.5) is 30.4 Å². The van der Waals surface area contributed by atoms with E-state index >= 15 is 0 Å². The maximum absolute atomic E-state index is 13.8. The largest absolute Gasteiger partial charge is 0.478 e. The second-order valence-electron chi connectivity index (χ2n) is 7.90. The van der Waals surface area contributed by atoms with Gasteiger partial charge in [0.2, 0.25) is 11.0 Å². The molecule has 4 aromatic carbocycles. The van der Waals surface area contributed by atoms with Gasteiger partial charge in [-0.05, 0) is 35.4 Å². The monoisotopic (exact) mass is 503 g/mol. The molecule has 0 spiro atoms. The number of halogens is 3. The molecular formula is C29H20F3NO2S. The molecule has 0 fully saturated rings. The van der Waals surface area contributed by atoms with Gasteiger partial charge >= 0.3 is 5.51 Å². The van der Waals surface area contributed by atoms with Gasteiger partial charge in [0.05, 0.1) is 5.56 Å². The van der Waals surface area contributed by atoms with Crippen molar-refractivity contribution in [3.63, 3.8) is 0 Å². The van der Waals surface area contributed by atoms with Gasteiger partial charge in [0.15, 0.2) is 10.8 Å². The van der Waals surface area contributed by atoms with Crippen molar-refractivity contribution in [2.75, 3.05) is 4.90 Å². The van der Waals surface area contributed by atoms with Crippen LogP contribution in [0.25, 0.3) is 22.3 Å². The predicted octanol–water partition coefficient (Wildman–Crippen LogP) is 8.71. The van der Waals surface area contributed by atoms with Crippen molar-refractivity contribution in [1.29, 1.82) is 0 Å². The molecule has 0 bridgehead atoms. The molecule has 1 heterocycles. The molecule has 0 radical (unpaired) electrons. The van der Waals surface area contributed by atoms with Crippen LogP contribution < -0.4 is 4.90 Å². The zero-order valence-electron chi connectivity index (χ0n) is 18.9. The maximum atomic E-state index is 13.8. The number of furan rings is 1. The predicted molar refractivity (Wildman–Crippen MR) is 137 cm³/mol. The molecule has 0 amide bonds. The summed E-state index contributed by atoms with van der Waals surface area (Å²) >= 11 is 0. The van der Waals surface area contributed by atoms with Crippen molar-refractivity contribution in [3.8, 4) is 22.3 Å². The van der Waals surface area contributed by atoms with Gasteiger partial charge in [-0.25, -0.2) is 4.21 Å². The first-order valence-electron chi connectivity index (χ1n) is 11.1. The van der Waals surface area contributed by atoms with Gasteiger partial charge in [0.25, 0.3) is 0 Å².